The van der Waals surface area contributed by atoms with E-state index in [0.717, 1.165) is 16.6 Å². The van der Waals surface area contributed by atoms with Crippen molar-refractivity contribution < 1.29 is 13.9 Å². The predicted molar refractivity (Wildman–Crippen MR) is 75.9 cm³/mol. The van der Waals surface area contributed by atoms with Crippen LogP contribution in [0, 0.1) is 5.82 Å². The second kappa shape index (κ2) is 4.45. The van der Waals surface area contributed by atoms with Crippen LogP contribution in [-0.4, -0.2) is 10.4 Å². The van der Waals surface area contributed by atoms with Crippen LogP contribution in [0.4, 0.5) is 4.39 Å². The van der Waals surface area contributed by atoms with Gasteiger partial charge in [0.25, 0.3) is 0 Å². The summed E-state index contributed by atoms with van der Waals surface area (Å²) in [7, 11) is 0. The average Bonchev–Trinajstić information content (AvgIpc) is 2.90. The lowest BCUT2D eigenvalue weighted by Gasteiger charge is -2.22. The molecule has 3 nitrogen and oxygen atoms in total. The summed E-state index contributed by atoms with van der Waals surface area (Å²) in [6, 6.07) is 12.2. The van der Waals surface area contributed by atoms with E-state index in [-0.39, 0.29) is 11.9 Å². The first-order chi connectivity index (χ1) is 10.2. The number of fused-ring (bicyclic) bond motifs is 2. The molecular formula is C17H12FNO2. The zero-order chi connectivity index (χ0) is 14.4. The first kappa shape index (κ1) is 12.1. The van der Waals surface area contributed by atoms with Gasteiger partial charge in [-0.05, 0) is 41.8 Å². The van der Waals surface area contributed by atoms with E-state index < -0.39 is 5.82 Å². The molecule has 0 fully saturated rings. The standard InChI is InChI=1S/C17H12FNO2/c18-13-5-4-11-8-15(17(20)21-16(11)9-13)12-7-14-3-1-2-6-19(14)10-12/h1-7,9-10,15H,8H2. The topological polar surface area (TPSA) is 30.7 Å². The van der Waals surface area contributed by atoms with Crippen molar-refractivity contribution in [3.05, 3.63) is 71.8 Å². The van der Waals surface area contributed by atoms with E-state index in [1.54, 1.807) is 6.07 Å². The molecule has 0 aliphatic carbocycles. The van der Waals surface area contributed by atoms with Gasteiger partial charge in [-0.2, -0.15) is 0 Å². The number of halogens is 1. The molecule has 0 saturated carbocycles. The van der Waals surface area contributed by atoms with Crippen LogP contribution < -0.4 is 4.74 Å². The van der Waals surface area contributed by atoms with E-state index in [2.05, 4.69) is 0 Å². The Labute approximate surface area is 120 Å². The highest BCUT2D eigenvalue weighted by atomic mass is 19.1. The fraction of sp³-hybridized carbons (Fsp3) is 0.118. The Morgan fingerprint density at radius 2 is 2.10 bits per heavy atom. The highest BCUT2D eigenvalue weighted by Crippen LogP contribution is 2.34. The first-order valence-electron chi connectivity index (χ1n) is 6.77. The van der Waals surface area contributed by atoms with Crippen molar-refractivity contribution >= 4 is 11.5 Å². The quantitative estimate of drug-likeness (QED) is 0.506. The van der Waals surface area contributed by atoms with E-state index in [9.17, 15) is 9.18 Å². The van der Waals surface area contributed by atoms with Crippen molar-refractivity contribution in [3.8, 4) is 5.75 Å². The summed E-state index contributed by atoms with van der Waals surface area (Å²) in [6.07, 6.45) is 4.41. The van der Waals surface area contributed by atoms with Gasteiger partial charge in [0.05, 0.1) is 5.92 Å². The van der Waals surface area contributed by atoms with E-state index in [4.69, 9.17) is 4.74 Å². The molecule has 4 rings (SSSR count). The van der Waals surface area contributed by atoms with Crippen LogP contribution in [0.2, 0.25) is 0 Å². The van der Waals surface area contributed by atoms with Crippen molar-refractivity contribution in [1.29, 1.82) is 0 Å². The number of pyridine rings is 1. The Hall–Kier alpha value is -2.62. The summed E-state index contributed by atoms with van der Waals surface area (Å²) >= 11 is 0. The number of benzene rings is 1. The minimum absolute atomic E-state index is 0.330. The van der Waals surface area contributed by atoms with Gasteiger partial charge in [-0.25, -0.2) is 4.39 Å². The summed E-state index contributed by atoms with van der Waals surface area (Å²) in [5.41, 5.74) is 2.81. The second-order valence-electron chi connectivity index (χ2n) is 5.24. The van der Waals surface area contributed by atoms with Gasteiger partial charge < -0.3 is 9.14 Å². The van der Waals surface area contributed by atoms with Crippen molar-refractivity contribution in [2.45, 2.75) is 12.3 Å². The summed E-state index contributed by atoms with van der Waals surface area (Å²) < 4.78 is 20.4. The van der Waals surface area contributed by atoms with Crippen LogP contribution >= 0.6 is 0 Å². The number of nitrogens with zero attached hydrogens (tertiary/aromatic N) is 1. The maximum absolute atomic E-state index is 13.2. The zero-order valence-corrected chi connectivity index (χ0v) is 11.1. The van der Waals surface area contributed by atoms with E-state index in [0.29, 0.717) is 12.2 Å². The minimum atomic E-state index is -0.394. The third-order valence-electron chi connectivity index (χ3n) is 3.88. The SMILES string of the molecule is O=C1Oc2cc(F)ccc2CC1c1cc2ccccn2c1. The normalized spacial score (nSPS) is 17.6. The van der Waals surface area contributed by atoms with E-state index >= 15 is 0 Å². The molecule has 0 bridgehead atoms. The van der Waals surface area contributed by atoms with Crippen LogP contribution in [0.1, 0.15) is 17.0 Å². The molecule has 1 atom stereocenters. The molecule has 3 aromatic rings. The fourth-order valence-electron chi connectivity index (χ4n) is 2.80. The number of carbonyl (C=O) groups excluding carboxylic acids is 1. The van der Waals surface area contributed by atoms with Gasteiger partial charge in [-0.3, -0.25) is 4.79 Å². The van der Waals surface area contributed by atoms with Gasteiger partial charge in [0.2, 0.25) is 0 Å². The lowest BCUT2D eigenvalue weighted by Crippen LogP contribution is -2.25. The van der Waals surface area contributed by atoms with Crippen molar-refractivity contribution in [1.82, 2.24) is 4.40 Å². The smallest absolute Gasteiger partial charge is 0.319 e. The van der Waals surface area contributed by atoms with Crippen LogP contribution in [-0.2, 0) is 11.2 Å². The van der Waals surface area contributed by atoms with E-state index in [1.807, 2.05) is 41.1 Å². The molecule has 21 heavy (non-hydrogen) atoms. The highest BCUT2D eigenvalue weighted by Gasteiger charge is 2.30. The molecule has 1 aliphatic heterocycles. The lowest BCUT2D eigenvalue weighted by atomic mass is 9.91. The number of aromatic nitrogens is 1. The molecule has 3 heterocycles. The molecule has 1 unspecified atom stereocenters. The number of carbonyl (C=O) groups is 1. The average molecular weight is 281 g/mol. The van der Waals surface area contributed by atoms with Crippen LogP contribution in [0.3, 0.4) is 0 Å². The third-order valence-corrected chi connectivity index (χ3v) is 3.88. The van der Waals surface area contributed by atoms with Gasteiger partial charge >= 0.3 is 5.97 Å². The molecule has 0 N–H and O–H groups in total. The summed E-state index contributed by atoms with van der Waals surface area (Å²) in [6.45, 7) is 0. The Kier molecular flexibility index (Phi) is 2.57. The highest BCUT2D eigenvalue weighted by molar-refractivity contribution is 5.83. The Morgan fingerprint density at radius 3 is 2.95 bits per heavy atom. The number of hydrogen-bond acceptors (Lipinski definition) is 2. The maximum Gasteiger partial charge on any atom is 0.319 e. The number of esters is 1. The minimum Gasteiger partial charge on any atom is -0.426 e. The number of ether oxygens (including phenoxy) is 1. The summed E-state index contributed by atoms with van der Waals surface area (Å²) in [5.74, 6) is -0.735. The van der Waals surface area contributed by atoms with Crippen LogP contribution in [0.15, 0.2) is 54.9 Å². The molecule has 1 aromatic carbocycles. The van der Waals surface area contributed by atoms with Gasteiger partial charge in [-0.15, -0.1) is 0 Å². The molecular weight excluding hydrogens is 269 g/mol. The van der Waals surface area contributed by atoms with Crippen molar-refractivity contribution in [2.75, 3.05) is 0 Å². The fourth-order valence-corrected chi connectivity index (χ4v) is 2.80. The van der Waals surface area contributed by atoms with Crippen LogP contribution in [0.25, 0.3) is 5.52 Å². The van der Waals surface area contributed by atoms with Crippen molar-refractivity contribution in [3.63, 3.8) is 0 Å². The van der Waals surface area contributed by atoms with E-state index in [1.165, 1.54) is 12.1 Å². The van der Waals surface area contributed by atoms with Crippen molar-refractivity contribution in [2.24, 2.45) is 0 Å². The Bertz CT molecular complexity index is 820. The molecule has 4 heteroatoms. The molecule has 1 aliphatic rings. The summed E-state index contributed by atoms with van der Waals surface area (Å²) in [4.78, 5) is 12.2. The molecule has 0 spiro atoms. The van der Waals surface area contributed by atoms with Gasteiger partial charge in [0.1, 0.15) is 11.6 Å². The van der Waals surface area contributed by atoms with Crippen LogP contribution in [0.5, 0.6) is 5.75 Å². The lowest BCUT2D eigenvalue weighted by molar-refractivity contribution is -0.137. The largest absolute Gasteiger partial charge is 0.426 e. The molecule has 0 amide bonds. The monoisotopic (exact) mass is 281 g/mol. The molecule has 0 saturated heterocycles. The van der Waals surface area contributed by atoms with Gasteiger partial charge in [-0.1, -0.05) is 12.1 Å². The van der Waals surface area contributed by atoms with Gasteiger partial charge in [0.15, 0.2) is 0 Å². The number of rotatable bonds is 1. The van der Waals surface area contributed by atoms with Gasteiger partial charge in [0, 0.05) is 24.0 Å². The predicted octanol–water partition coefficient (Wildman–Crippen LogP) is 3.32. The Balaban J connectivity index is 1.75. The molecule has 2 aromatic heterocycles. The Morgan fingerprint density at radius 1 is 1.19 bits per heavy atom. The first-order valence-corrected chi connectivity index (χ1v) is 6.77. The second-order valence-corrected chi connectivity index (χ2v) is 5.24. The zero-order valence-electron chi connectivity index (χ0n) is 11.1. The molecule has 0 radical (unpaired) electrons. The maximum atomic E-state index is 13.2. The third kappa shape index (κ3) is 2.00. The summed E-state index contributed by atoms with van der Waals surface area (Å²) in [5, 5.41) is 0. The molecule has 104 valence electrons. The number of hydrogen-bond donors (Lipinski definition) is 0.